The molecule has 1 saturated heterocycles. The lowest BCUT2D eigenvalue weighted by Gasteiger charge is -2.34. The molecule has 2 aromatic carbocycles. The number of piperazine rings is 1. The summed E-state index contributed by atoms with van der Waals surface area (Å²) in [5.74, 6) is 0.320. The van der Waals surface area contributed by atoms with Crippen LogP contribution in [0.5, 0.6) is 5.75 Å². The van der Waals surface area contributed by atoms with Crippen molar-refractivity contribution in [3.63, 3.8) is 0 Å². The highest BCUT2D eigenvalue weighted by Crippen LogP contribution is 2.13. The summed E-state index contributed by atoms with van der Waals surface area (Å²) in [4.78, 5) is 28.0. The van der Waals surface area contributed by atoms with E-state index in [-0.39, 0.29) is 17.8 Å². The van der Waals surface area contributed by atoms with Crippen LogP contribution in [0, 0.1) is 5.82 Å². The number of nitrogens with zero attached hydrogens (tertiary/aromatic N) is 2. The molecule has 0 radical (unpaired) electrons. The van der Waals surface area contributed by atoms with Crippen molar-refractivity contribution < 1.29 is 18.7 Å². The first kappa shape index (κ1) is 19.4. The number of anilines is 1. The van der Waals surface area contributed by atoms with Crippen molar-refractivity contribution in [3.05, 3.63) is 66.0 Å². The highest BCUT2D eigenvalue weighted by molar-refractivity contribution is 5.92. The average Bonchev–Trinajstić information content (AvgIpc) is 2.74. The van der Waals surface area contributed by atoms with Gasteiger partial charge in [0.1, 0.15) is 11.6 Å². The summed E-state index contributed by atoms with van der Waals surface area (Å²) in [5.41, 5.74) is 1.44. The topological polar surface area (TPSA) is 61.9 Å². The van der Waals surface area contributed by atoms with Crippen LogP contribution in [0.15, 0.2) is 54.6 Å². The van der Waals surface area contributed by atoms with Gasteiger partial charge in [0.25, 0.3) is 0 Å². The number of amides is 3. The fraction of sp³-hybridized carbons (Fsp3) is 0.238. The normalized spacial score (nSPS) is 14.2. The highest BCUT2D eigenvalue weighted by Gasteiger charge is 2.23. The van der Waals surface area contributed by atoms with Gasteiger partial charge in [-0.05, 0) is 48.0 Å². The number of ether oxygens (including phenoxy) is 1. The Morgan fingerprint density at radius 2 is 1.57 bits per heavy atom. The SMILES string of the molecule is COc1ccc(/C=C/C(=O)N2CCN(C(=O)Nc3ccc(F)cc3)CC2)cc1. The fourth-order valence-corrected chi connectivity index (χ4v) is 2.85. The van der Waals surface area contributed by atoms with Crippen molar-refractivity contribution in [2.45, 2.75) is 0 Å². The Morgan fingerprint density at radius 1 is 0.964 bits per heavy atom. The monoisotopic (exact) mass is 383 g/mol. The number of nitrogens with one attached hydrogen (secondary N) is 1. The number of methoxy groups -OCH3 is 1. The third-order valence-corrected chi connectivity index (χ3v) is 4.51. The molecule has 146 valence electrons. The fourth-order valence-electron chi connectivity index (χ4n) is 2.85. The van der Waals surface area contributed by atoms with E-state index in [1.54, 1.807) is 23.0 Å². The number of hydrogen-bond donors (Lipinski definition) is 1. The average molecular weight is 383 g/mol. The maximum atomic E-state index is 12.9. The maximum Gasteiger partial charge on any atom is 0.321 e. The minimum atomic E-state index is -0.354. The van der Waals surface area contributed by atoms with Crippen LogP contribution < -0.4 is 10.1 Å². The van der Waals surface area contributed by atoms with Crippen molar-refractivity contribution in [1.29, 1.82) is 0 Å². The molecule has 0 spiro atoms. The zero-order chi connectivity index (χ0) is 19.9. The smallest absolute Gasteiger partial charge is 0.321 e. The molecule has 0 unspecified atom stereocenters. The molecule has 0 atom stereocenters. The third-order valence-electron chi connectivity index (χ3n) is 4.51. The molecule has 0 saturated carbocycles. The summed E-state index contributed by atoms with van der Waals surface area (Å²) in [6.45, 7) is 1.80. The lowest BCUT2D eigenvalue weighted by Crippen LogP contribution is -2.51. The number of hydrogen-bond acceptors (Lipinski definition) is 3. The Hall–Kier alpha value is -3.35. The minimum Gasteiger partial charge on any atom is -0.497 e. The molecule has 1 N–H and O–H groups in total. The van der Waals surface area contributed by atoms with Crippen LogP contribution in [0.4, 0.5) is 14.9 Å². The van der Waals surface area contributed by atoms with Gasteiger partial charge in [0.05, 0.1) is 7.11 Å². The largest absolute Gasteiger partial charge is 0.497 e. The standard InChI is InChI=1S/C21H22FN3O3/c1-28-19-9-2-16(3-10-19)4-11-20(26)24-12-14-25(15-13-24)21(27)23-18-7-5-17(22)6-8-18/h2-11H,12-15H2,1H3,(H,23,27)/b11-4+. The van der Waals surface area contributed by atoms with Gasteiger partial charge in [-0.1, -0.05) is 12.1 Å². The summed E-state index contributed by atoms with van der Waals surface area (Å²) >= 11 is 0. The first-order valence-corrected chi connectivity index (χ1v) is 8.98. The zero-order valence-electron chi connectivity index (χ0n) is 15.6. The van der Waals surface area contributed by atoms with Gasteiger partial charge < -0.3 is 19.9 Å². The Morgan fingerprint density at radius 3 is 2.18 bits per heavy atom. The van der Waals surface area contributed by atoms with E-state index in [2.05, 4.69) is 5.32 Å². The van der Waals surface area contributed by atoms with Gasteiger partial charge in [0, 0.05) is 37.9 Å². The molecule has 1 aliphatic rings. The molecule has 0 aromatic heterocycles. The van der Waals surface area contributed by atoms with Crippen LogP contribution in [0.1, 0.15) is 5.56 Å². The summed E-state index contributed by atoms with van der Waals surface area (Å²) in [6.07, 6.45) is 3.30. The molecular formula is C21H22FN3O3. The third kappa shape index (κ3) is 5.09. The second kappa shape index (κ2) is 9.03. The molecule has 3 amide bonds. The number of halogens is 1. The lowest BCUT2D eigenvalue weighted by molar-refractivity contribution is -0.127. The second-order valence-corrected chi connectivity index (χ2v) is 6.36. The summed E-state index contributed by atoms with van der Waals surface area (Å²) in [6, 6.07) is 12.8. The van der Waals surface area contributed by atoms with Gasteiger partial charge in [-0.2, -0.15) is 0 Å². The molecule has 28 heavy (non-hydrogen) atoms. The Kier molecular flexibility index (Phi) is 6.26. The molecule has 0 aliphatic carbocycles. The first-order chi connectivity index (χ1) is 13.5. The van der Waals surface area contributed by atoms with Crippen LogP contribution in [0.25, 0.3) is 6.08 Å². The van der Waals surface area contributed by atoms with Crippen molar-refractivity contribution in [2.24, 2.45) is 0 Å². The minimum absolute atomic E-state index is 0.0885. The van der Waals surface area contributed by atoms with E-state index in [4.69, 9.17) is 4.74 Å². The van der Waals surface area contributed by atoms with E-state index < -0.39 is 0 Å². The van der Waals surface area contributed by atoms with E-state index in [0.717, 1.165) is 11.3 Å². The maximum absolute atomic E-state index is 12.9. The van der Waals surface area contributed by atoms with E-state index in [0.29, 0.717) is 31.9 Å². The Bertz CT molecular complexity index is 842. The predicted octanol–water partition coefficient (Wildman–Crippen LogP) is 3.22. The van der Waals surface area contributed by atoms with Crippen LogP contribution in [-0.2, 0) is 4.79 Å². The second-order valence-electron chi connectivity index (χ2n) is 6.36. The summed E-state index contributed by atoms with van der Waals surface area (Å²) in [7, 11) is 1.61. The number of carbonyl (C=O) groups is 2. The van der Waals surface area contributed by atoms with Crippen LogP contribution in [-0.4, -0.2) is 55.0 Å². The molecule has 3 rings (SSSR count). The van der Waals surface area contributed by atoms with Gasteiger partial charge in [-0.15, -0.1) is 0 Å². The molecule has 1 fully saturated rings. The molecule has 7 heteroatoms. The van der Waals surface area contributed by atoms with Crippen molar-refractivity contribution >= 4 is 23.7 Å². The first-order valence-electron chi connectivity index (χ1n) is 8.98. The number of urea groups is 1. The predicted molar refractivity (Wildman–Crippen MR) is 106 cm³/mol. The Labute approximate surface area is 163 Å². The molecule has 2 aromatic rings. The highest BCUT2D eigenvalue weighted by atomic mass is 19.1. The van der Waals surface area contributed by atoms with Crippen LogP contribution >= 0.6 is 0 Å². The summed E-state index contributed by atoms with van der Waals surface area (Å²) in [5, 5.41) is 2.73. The quantitative estimate of drug-likeness (QED) is 0.825. The molecule has 1 aliphatic heterocycles. The lowest BCUT2D eigenvalue weighted by atomic mass is 10.2. The van der Waals surface area contributed by atoms with Crippen LogP contribution in [0.2, 0.25) is 0 Å². The van der Waals surface area contributed by atoms with Crippen molar-refractivity contribution in [2.75, 3.05) is 38.6 Å². The Balaban J connectivity index is 1.48. The number of rotatable bonds is 4. The van der Waals surface area contributed by atoms with Gasteiger partial charge in [-0.3, -0.25) is 4.79 Å². The van der Waals surface area contributed by atoms with Crippen molar-refractivity contribution in [3.8, 4) is 5.75 Å². The van der Waals surface area contributed by atoms with Gasteiger partial charge >= 0.3 is 6.03 Å². The van der Waals surface area contributed by atoms with Gasteiger partial charge in [-0.25, -0.2) is 9.18 Å². The van der Waals surface area contributed by atoms with E-state index >= 15 is 0 Å². The van der Waals surface area contributed by atoms with Crippen LogP contribution in [0.3, 0.4) is 0 Å². The van der Waals surface area contributed by atoms with Gasteiger partial charge in [0.2, 0.25) is 5.91 Å². The molecule has 1 heterocycles. The molecular weight excluding hydrogens is 361 g/mol. The molecule has 6 nitrogen and oxygen atoms in total. The van der Waals surface area contributed by atoms with E-state index in [1.165, 1.54) is 30.3 Å². The number of carbonyl (C=O) groups excluding carboxylic acids is 2. The summed E-state index contributed by atoms with van der Waals surface area (Å²) < 4.78 is 18.0. The zero-order valence-corrected chi connectivity index (χ0v) is 15.6. The van der Waals surface area contributed by atoms with E-state index in [1.807, 2.05) is 24.3 Å². The van der Waals surface area contributed by atoms with E-state index in [9.17, 15) is 14.0 Å². The van der Waals surface area contributed by atoms with Crippen molar-refractivity contribution in [1.82, 2.24) is 9.80 Å². The van der Waals surface area contributed by atoms with Gasteiger partial charge in [0.15, 0.2) is 0 Å². The number of benzene rings is 2. The molecule has 0 bridgehead atoms.